The van der Waals surface area contributed by atoms with Crippen molar-refractivity contribution in [3.05, 3.63) is 41.7 Å². The summed E-state index contributed by atoms with van der Waals surface area (Å²) in [5, 5.41) is 11.6. The number of anilines is 1. The molecule has 0 aliphatic heterocycles. The molecule has 2 aliphatic carbocycles. The highest BCUT2D eigenvalue weighted by molar-refractivity contribution is 6.01. The number of carbonyl (C=O) groups excluding carboxylic acids is 1. The van der Waals surface area contributed by atoms with E-state index >= 15 is 0 Å². The average Bonchev–Trinajstić information content (AvgIpc) is 3.00. The molecule has 2 bridgehead atoms. The molecule has 1 saturated carbocycles. The second-order valence-corrected chi connectivity index (χ2v) is 5.37. The van der Waals surface area contributed by atoms with Gasteiger partial charge < -0.3 is 10.4 Å². The quantitative estimate of drug-likeness (QED) is 0.833. The third-order valence-corrected chi connectivity index (χ3v) is 4.09. The molecule has 4 nitrogen and oxygen atoms in total. The smallest absolute Gasteiger partial charge is 0.337 e. The van der Waals surface area contributed by atoms with Gasteiger partial charge in [0.1, 0.15) is 5.82 Å². The molecule has 1 amide bonds. The number of hydrogen-bond donors (Lipinski definition) is 2. The Labute approximate surface area is 115 Å². The number of allylic oxidation sites excluding steroid dienone is 2. The highest BCUT2D eigenvalue weighted by Crippen LogP contribution is 2.43. The first kappa shape index (κ1) is 12.8. The van der Waals surface area contributed by atoms with E-state index in [1.54, 1.807) is 0 Å². The summed E-state index contributed by atoms with van der Waals surface area (Å²) in [6.45, 7) is 0. The fourth-order valence-corrected chi connectivity index (χ4v) is 3.11. The van der Waals surface area contributed by atoms with Crippen molar-refractivity contribution in [1.82, 2.24) is 0 Å². The third-order valence-electron chi connectivity index (χ3n) is 4.09. The number of halogens is 1. The summed E-state index contributed by atoms with van der Waals surface area (Å²) in [4.78, 5) is 23.3. The first-order valence-corrected chi connectivity index (χ1v) is 6.56. The number of carbonyl (C=O) groups is 2. The molecule has 2 aliphatic rings. The van der Waals surface area contributed by atoms with Crippen molar-refractivity contribution in [1.29, 1.82) is 0 Å². The van der Waals surface area contributed by atoms with Gasteiger partial charge in [0, 0.05) is 5.92 Å². The fraction of sp³-hybridized carbons (Fsp3) is 0.333. The normalized spacial score (nSPS) is 26.8. The number of hydrogen-bond acceptors (Lipinski definition) is 2. The van der Waals surface area contributed by atoms with Crippen molar-refractivity contribution >= 4 is 17.6 Å². The number of nitrogens with one attached hydrogen (secondary N) is 1. The second-order valence-electron chi connectivity index (χ2n) is 5.37. The molecule has 0 spiro atoms. The maximum absolute atomic E-state index is 13.2. The lowest BCUT2D eigenvalue weighted by Gasteiger charge is -2.18. The standard InChI is InChI=1S/C15H14FNO3/c16-10-3-4-11(15(19)20)13(7-10)17-14(18)12-6-8-1-2-9(12)5-8/h1-4,7-9,12H,5-6H2,(H,17,18)(H,19,20). The summed E-state index contributed by atoms with van der Waals surface area (Å²) in [7, 11) is 0. The summed E-state index contributed by atoms with van der Waals surface area (Å²) in [5.41, 5.74) is -0.0762. The van der Waals surface area contributed by atoms with E-state index in [1.165, 1.54) is 0 Å². The Kier molecular flexibility index (Phi) is 3.04. The molecule has 3 unspecified atom stereocenters. The molecule has 5 heteroatoms. The summed E-state index contributed by atoms with van der Waals surface area (Å²) < 4.78 is 13.2. The lowest BCUT2D eigenvalue weighted by Crippen LogP contribution is -2.26. The number of carboxylic acid groups (broad SMARTS) is 1. The minimum absolute atomic E-state index is 0.0225. The largest absolute Gasteiger partial charge is 0.478 e. The van der Waals surface area contributed by atoms with Gasteiger partial charge in [-0.25, -0.2) is 9.18 Å². The van der Waals surface area contributed by atoms with Crippen LogP contribution in [0.3, 0.4) is 0 Å². The van der Waals surface area contributed by atoms with Crippen LogP contribution in [0.5, 0.6) is 0 Å². The molecule has 20 heavy (non-hydrogen) atoms. The van der Waals surface area contributed by atoms with Crippen LogP contribution in [0.15, 0.2) is 30.4 Å². The number of amides is 1. The molecule has 0 saturated heterocycles. The van der Waals surface area contributed by atoms with Gasteiger partial charge in [0.05, 0.1) is 11.3 Å². The van der Waals surface area contributed by atoms with Gasteiger partial charge in [-0.05, 0) is 42.9 Å². The minimum Gasteiger partial charge on any atom is -0.478 e. The van der Waals surface area contributed by atoms with Crippen molar-refractivity contribution < 1.29 is 19.1 Å². The van der Waals surface area contributed by atoms with E-state index in [0.29, 0.717) is 5.92 Å². The van der Waals surface area contributed by atoms with E-state index in [0.717, 1.165) is 31.0 Å². The maximum Gasteiger partial charge on any atom is 0.337 e. The van der Waals surface area contributed by atoms with Crippen LogP contribution in [0.4, 0.5) is 10.1 Å². The Morgan fingerprint density at radius 1 is 1.25 bits per heavy atom. The monoisotopic (exact) mass is 275 g/mol. The van der Waals surface area contributed by atoms with E-state index < -0.39 is 11.8 Å². The summed E-state index contributed by atoms with van der Waals surface area (Å²) >= 11 is 0. The Hall–Kier alpha value is -2.17. The van der Waals surface area contributed by atoms with Crippen LogP contribution in [0.1, 0.15) is 23.2 Å². The molecule has 2 N–H and O–H groups in total. The SMILES string of the molecule is O=C(O)c1ccc(F)cc1NC(=O)C1CC2C=CC1C2. The second kappa shape index (κ2) is 4.74. The van der Waals surface area contributed by atoms with E-state index in [9.17, 15) is 14.0 Å². The van der Waals surface area contributed by atoms with Gasteiger partial charge in [-0.15, -0.1) is 0 Å². The Balaban J connectivity index is 1.81. The minimum atomic E-state index is -1.19. The van der Waals surface area contributed by atoms with Gasteiger partial charge in [-0.1, -0.05) is 12.2 Å². The van der Waals surface area contributed by atoms with E-state index in [2.05, 4.69) is 11.4 Å². The van der Waals surface area contributed by atoms with Crippen LogP contribution in [0.2, 0.25) is 0 Å². The maximum atomic E-state index is 13.2. The summed E-state index contributed by atoms with van der Waals surface area (Å²) in [6.07, 6.45) is 5.93. The predicted octanol–water partition coefficient (Wildman–Crippen LogP) is 2.67. The zero-order valence-electron chi connectivity index (χ0n) is 10.7. The van der Waals surface area contributed by atoms with Crippen molar-refractivity contribution in [2.45, 2.75) is 12.8 Å². The highest BCUT2D eigenvalue weighted by Gasteiger charge is 2.39. The number of rotatable bonds is 3. The molecule has 1 fully saturated rings. The van der Waals surface area contributed by atoms with Crippen molar-refractivity contribution in [2.75, 3.05) is 5.32 Å². The van der Waals surface area contributed by atoms with E-state index in [-0.39, 0.29) is 29.0 Å². The van der Waals surface area contributed by atoms with E-state index in [1.807, 2.05) is 6.08 Å². The van der Waals surface area contributed by atoms with Crippen LogP contribution >= 0.6 is 0 Å². The van der Waals surface area contributed by atoms with Gasteiger partial charge in [-0.3, -0.25) is 4.79 Å². The van der Waals surface area contributed by atoms with Gasteiger partial charge in [0.25, 0.3) is 0 Å². The van der Waals surface area contributed by atoms with E-state index in [4.69, 9.17) is 5.11 Å². The molecule has 1 aromatic carbocycles. The van der Waals surface area contributed by atoms with Crippen LogP contribution in [0.25, 0.3) is 0 Å². The van der Waals surface area contributed by atoms with Gasteiger partial charge in [0.15, 0.2) is 0 Å². The molecule has 0 radical (unpaired) electrons. The average molecular weight is 275 g/mol. The molecule has 1 aromatic rings. The van der Waals surface area contributed by atoms with Crippen LogP contribution in [0, 0.1) is 23.6 Å². The van der Waals surface area contributed by atoms with Crippen molar-refractivity contribution in [3.8, 4) is 0 Å². The third kappa shape index (κ3) is 2.19. The number of carboxylic acids is 1. The first-order chi connectivity index (χ1) is 9.54. The van der Waals surface area contributed by atoms with Crippen LogP contribution in [-0.2, 0) is 4.79 Å². The molecule has 0 heterocycles. The van der Waals surface area contributed by atoms with Crippen molar-refractivity contribution in [2.24, 2.45) is 17.8 Å². The molecule has 0 aromatic heterocycles. The van der Waals surface area contributed by atoms with Crippen LogP contribution < -0.4 is 5.32 Å². The molecule has 3 rings (SSSR count). The number of aromatic carboxylic acids is 1. The lowest BCUT2D eigenvalue weighted by atomic mass is 9.92. The first-order valence-electron chi connectivity index (χ1n) is 6.56. The Morgan fingerprint density at radius 3 is 2.65 bits per heavy atom. The van der Waals surface area contributed by atoms with Gasteiger partial charge >= 0.3 is 5.97 Å². The lowest BCUT2D eigenvalue weighted by molar-refractivity contribution is -0.120. The fourth-order valence-electron chi connectivity index (χ4n) is 3.11. The molecule has 3 atom stereocenters. The molecular formula is C15H14FNO3. The van der Waals surface area contributed by atoms with Gasteiger partial charge in [-0.2, -0.15) is 0 Å². The zero-order chi connectivity index (χ0) is 14.3. The summed E-state index contributed by atoms with van der Waals surface area (Å²) in [6, 6.07) is 3.28. The topological polar surface area (TPSA) is 66.4 Å². The number of benzene rings is 1. The predicted molar refractivity (Wildman–Crippen MR) is 70.8 cm³/mol. The molecule has 104 valence electrons. The van der Waals surface area contributed by atoms with Crippen molar-refractivity contribution in [3.63, 3.8) is 0 Å². The Morgan fingerprint density at radius 2 is 2.05 bits per heavy atom. The number of fused-ring (bicyclic) bond motifs is 2. The van der Waals surface area contributed by atoms with Gasteiger partial charge in [0.2, 0.25) is 5.91 Å². The van der Waals surface area contributed by atoms with Crippen LogP contribution in [-0.4, -0.2) is 17.0 Å². The molecular weight excluding hydrogens is 261 g/mol. The highest BCUT2D eigenvalue weighted by atomic mass is 19.1. The Bertz CT molecular complexity index is 611. The summed E-state index contributed by atoms with van der Waals surface area (Å²) in [5.74, 6) is -1.46. The zero-order valence-corrected chi connectivity index (χ0v) is 10.7.